The molecular weight excluding hydrogens is 428 g/mol. The van der Waals surface area contributed by atoms with Gasteiger partial charge in [0.1, 0.15) is 4.88 Å². The normalized spacial score (nSPS) is 13.4. The molecule has 1 amide bonds. The molecule has 4 rings (SSSR count). The number of allylic oxidation sites excluding steroid dienone is 1. The fourth-order valence-electron chi connectivity index (χ4n) is 3.83. The number of non-ortho nitro benzene ring substituents is 1. The minimum atomic E-state index is -0.487. The number of thiophene rings is 1. The Bertz CT molecular complexity index is 1240. The number of amides is 1. The van der Waals surface area contributed by atoms with Crippen LogP contribution in [0.3, 0.4) is 0 Å². The number of anilines is 1. The third kappa shape index (κ3) is 3.92. The summed E-state index contributed by atoms with van der Waals surface area (Å²) in [6.45, 7) is 2.45. The predicted octanol–water partition coefficient (Wildman–Crippen LogP) is 5.42. The van der Waals surface area contributed by atoms with Crippen molar-refractivity contribution in [3.05, 3.63) is 91.7 Å². The second-order valence-electron chi connectivity index (χ2n) is 7.29. The zero-order chi connectivity index (χ0) is 22.8. The Morgan fingerprint density at radius 2 is 1.78 bits per heavy atom. The number of fused-ring (bicyclic) bond motifs is 1. The molecule has 7 nitrogen and oxygen atoms in total. The van der Waals surface area contributed by atoms with Crippen LogP contribution in [0.1, 0.15) is 43.8 Å². The Labute approximate surface area is 188 Å². The fraction of sp³-hybridized carbons (Fsp3) is 0.167. The lowest BCUT2D eigenvalue weighted by molar-refractivity contribution is -0.384. The molecule has 0 saturated heterocycles. The molecular formula is C24H20N2O5S. The van der Waals surface area contributed by atoms with E-state index in [1.807, 2.05) is 37.3 Å². The minimum absolute atomic E-state index is 0.0586. The molecule has 2 aromatic carbocycles. The average molecular weight is 449 g/mol. The van der Waals surface area contributed by atoms with Gasteiger partial charge in [-0.2, -0.15) is 0 Å². The number of benzene rings is 2. The van der Waals surface area contributed by atoms with E-state index in [4.69, 9.17) is 4.74 Å². The van der Waals surface area contributed by atoms with Gasteiger partial charge in [-0.05, 0) is 54.8 Å². The number of methoxy groups -OCH3 is 1. The topological polar surface area (TPSA) is 89.8 Å². The maximum atomic E-state index is 13.4. The monoisotopic (exact) mass is 448 g/mol. The Balaban J connectivity index is 1.71. The van der Waals surface area contributed by atoms with E-state index in [0.29, 0.717) is 23.4 Å². The van der Waals surface area contributed by atoms with E-state index in [1.54, 1.807) is 11.0 Å². The van der Waals surface area contributed by atoms with Crippen molar-refractivity contribution in [2.75, 3.05) is 18.6 Å². The van der Waals surface area contributed by atoms with Crippen LogP contribution < -0.4 is 4.90 Å². The molecule has 0 saturated carbocycles. The van der Waals surface area contributed by atoms with Gasteiger partial charge < -0.3 is 9.64 Å². The Morgan fingerprint density at radius 3 is 2.47 bits per heavy atom. The second kappa shape index (κ2) is 8.76. The van der Waals surface area contributed by atoms with E-state index in [2.05, 4.69) is 0 Å². The Hall–Kier alpha value is -3.78. The number of carbonyl (C=O) groups is 2. The lowest BCUT2D eigenvalue weighted by Gasteiger charge is -2.23. The van der Waals surface area contributed by atoms with E-state index in [-0.39, 0.29) is 17.6 Å². The summed E-state index contributed by atoms with van der Waals surface area (Å²) in [6.07, 6.45) is 0.598. The Kier molecular flexibility index (Phi) is 5.87. The van der Waals surface area contributed by atoms with Gasteiger partial charge in [0.05, 0.1) is 17.7 Å². The van der Waals surface area contributed by atoms with Gasteiger partial charge in [-0.15, -0.1) is 11.3 Å². The standard InChI is InChI=1S/C24H20N2O5S/c1-15-18-5-3-4-6-20(18)25(23(27)16-7-9-17(10-8-16)26(29)30)14-13-19(15)21-11-12-22(32-21)24(28)31-2/h3-12H,13-14H2,1-2H3. The first-order valence-electron chi connectivity index (χ1n) is 9.94. The van der Waals surface area contributed by atoms with Crippen LogP contribution in [-0.2, 0) is 4.74 Å². The van der Waals surface area contributed by atoms with E-state index in [0.717, 1.165) is 27.3 Å². The summed E-state index contributed by atoms with van der Waals surface area (Å²) in [5, 5.41) is 10.9. The van der Waals surface area contributed by atoms with Crippen molar-refractivity contribution in [1.29, 1.82) is 0 Å². The van der Waals surface area contributed by atoms with Crippen molar-refractivity contribution in [3.63, 3.8) is 0 Å². The molecule has 0 radical (unpaired) electrons. The number of para-hydroxylation sites is 1. The highest BCUT2D eigenvalue weighted by Gasteiger charge is 2.26. The molecule has 0 fully saturated rings. The van der Waals surface area contributed by atoms with Crippen LogP contribution in [0.15, 0.2) is 60.7 Å². The molecule has 1 aliphatic heterocycles. The number of carbonyl (C=O) groups excluding carboxylic acids is 2. The number of esters is 1. The fourth-order valence-corrected chi connectivity index (χ4v) is 4.89. The number of hydrogen-bond donors (Lipinski definition) is 0. The lowest BCUT2D eigenvalue weighted by atomic mass is 9.98. The molecule has 1 aliphatic rings. The van der Waals surface area contributed by atoms with Gasteiger partial charge in [0, 0.05) is 34.7 Å². The molecule has 1 aromatic heterocycles. The predicted molar refractivity (Wildman–Crippen MR) is 124 cm³/mol. The number of ether oxygens (including phenoxy) is 1. The summed E-state index contributed by atoms with van der Waals surface area (Å²) >= 11 is 1.37. The zero-order valence-corrected chi connectivity index (χ0v) is 18.3. The lowest BCUT2D eigenvalue weighted by Crippen LogP contribution is -2.32. The number of hydrogen-bond acceptors (Lipinski definition) is 6. The first-order chi connectivity index (χ1) is 15.4. The largest absolute Gasteiger partial charge is 0.465 e. The van der Waals surface area contributed by atoms with E-state index in [1.165, 1.54) is 42.7 Å². The van der Waals surface area contributed by atoms with Crippen LogP contribution in [0.2, 0.25) is 0 Å². The van der Waals surface area contributed by atoms with E-state index < -0.39 is 4.92 Å². The molecule has 3 aromatic rings. The highest BCUT2D eigenvalue weighted by Crippen LogP contribution is 2.40. The maximum absolute atomic E-state index is 13.4. The van der Waals surface area contributed by atoms with Crippen molar-refractivity contribution >= 4 is 45.7 Å². The molecule has 0 bridgehead atoms. The second-order valence-corrected chi connectivity index (χ2v) is 8.37. The minimum Gasteiger partial charge on any atom is -0.465 e. The van der Waals surface area contributed by atoms with Gasteiger partial charge in [0.25, 0.3) is 11.6 Å². The molecule has 0 N–H and O–H groups in total. The number of nitrogens with zero attached hydrogens (tertiary/aromatic N) is 2. The highest BCUT2D eigenvalue weighted by atomic mass is 32.1. The first-order valence-corrected chi connectivity index (χ1v) is 10.8. The summed E-state index contributed by atoms with van der Waals surface area (Å²) in [7, 11) is 1.36. The number of rotatable bonds is 4. The van der Waals surface area contributed by atoms with Crippen LogP contribution in [0.5, 0.6) is 0 Å². The quantitative estimate of drug-likeness (QED) is 0.302. The summed E-state index contributed by atoms with van der Waals surface area (Å²) < 4.78 is 4.83. The number of nitro benzene ring substituents is 1. The van der Waals surface area contributed by atoms with Gasteiger partial charge in [-0.3, -0.25) is 14.9 Å². The van der Waals surface area contributed by atoms with Crippen molar-refractivity contribution in [3.8, 4) is 0 Å². The Morgan fingerprint density at radius 1 is 1.06 bits per heavy atom. The van der Waals surface area contributed by atoms with Crippen molar-refractivity contribution in [2.45, 2.75) is 13.3 Å². The molecule has 0 spiro atoms. The van der Waals surface area contributed by atoms with Crippen molar-refractivity contribution < 1.29 is 19.2 Å². The van der Waals surface area contributed by atoms with Crippen molar-refractivity contribution in [1.82, 2.24) is 0 Å². The molecule has 0 atom stereocenters. The van der Waals surface area contributed by atoms with E-state index >= 15 is 0 Å². The van der Waals surface area contributed by atoms with Crippen LogP contribution in [0.25, 0.3) is 11.1 Å². The summed E-state index contributed by atoms with van der Waals surface area (Å²) in [4.78, 5) is 38.9. The zero-order valence-electron chi connectivity index (χ0n) is 17.5. The number of nitro groups is 1. The molecule has 2 heterocycles. The third-order valence-electron chi connectivity index (χ3n) is 5.50. The first kappa shape index (κ1) is 21.5. The van der Waals surface area contributed by atoms with E-state index in [9.17, 15) is 19.7 Å². The van der Waals surface area contributed by atoms with Gasteiger partial charge in [0.2, 0.25) is 0 Å². The third-order valence-corrected chi connectivity index (χ3v) is 6.62. The summed E-state index contributed by atoms with van der Waals surface area (Å²) in [6, 6.07) is 17.0. The maximum Gasteiger partial charge on any atom is 0.348 e. The van der Waals surface area contributed by atoms with Crippen LogP contribution in [0.4, 0.5) is 11.4 Å². The summed E-state index contributed by atoms with van der Waals surface area (Å²) in [5.74, 6) is -0.591. The van der Waals surface area contributed by atoms with Crippen LogP contribution in [0, 0.1) is 10.1 Å². The average Bonchev–Trinajstić information content (AvgIpc) is 3.25. The molecule has 162 valence electrons. The van der Waals surface area contributed by atoms with Crippen LogP contribution in [-0.4, -0.2) is 30.5 Å². The molecule has 0 aliphatic carbocycles. The van der Waals surface area contributed by atoms with Gasteiger partial charge in [-0.25, -0.2) is 4.79 Å². The van der Waals surface area contributed by atoms with Gasteiger partial charge >= 0.3 is 5.97 Å². The molecule has 8 heteroatoms. The summed E-state index contributed by atoms with van der Waals surface area (Å²) in [5.41, 5.74) is 4.15. The SMILES string of the molecule is COC(=O)c1ccc(C2=C(C)c3ccccc3N(C(=O)c3ccc([N+](=O)[O-])cc3)CC2)s1. The smallest absolute Gasteiger partial charge is 0.348 e. The van der Waals surface area contributed by atoms with Gasteiger partial charge in [-0.1, -0.05) is 18.2 Å². The molecule has 32 heavy (non-hydrogen) atoms. The van der Waals surface area contributed by atoms with Crippen molar-refractivity contribution in [2.24, 2.45) is 0 Å². The molecule has 0 unspecified atom stereocenters. The highest BCUT2D eigenvalue weighted by molar-refractivity contribution is 7.15. The van der Waals surface area contributed by atoms with Crippen LogP contribution >= 0.6 is 11.3 Å². The van der Waals surface area contributed by atoms with Gasteiger partial charge in [0.15, 0.2) is 0 Å².